The fraction of sp³-hybridized carbons (Fsp3) is 0. The van der Waals surface area contributed by atoms with E-state index in [0.29, 0.717) is 0 Å². The Morgan fingerprint density at radius 3 is 1.78 bits per heavy atom. The van der Waals surface area contributed by atoms with Crippen LogP contribution in [0.2, 0.25) is 0 Å². The fourth-order valence-corrected chi connectivity index (χ4v) is 8.24. The number of rotatable bonds is 3. The normalized spacial score (nSPS) is 12.1. The van der Waals surface area contributed by atoms with E-state index in [4.69, 9.17) is 8.83 Å². The Hall–Kier alpha value is -6.58. The van der Waals surface area contributed by atoms with Crippen molar-refractivity contribution in [2.75, 3.05) is 0 Å². The quantitative estimate of drug-likeness (QED) is 0.183. The van der Waals surface area contributed by atoms with Gasteiger partial charge in [0.1, 0.15) is 16.7 Å². The van der Waals surface area contributed by atoms with Crippen LogP contribution >= 0.6 is 0 Å². The zero-order valence-electron chi connectivity index (χ0n) is 26.4. The molecule has 3 heterocycles. The van der Waals surface area contributed by atoms with Gasteiger partial charge in [-0.25, -0.2) is 0 Å². The van der Waals surface area contributed by atoms with Crippen molar-refractivity contribution in [3.8, 4) is 27.9 Å². The first-order valence-corrected chi connectivity index (χ1v) is 16.7. The van der Waals surface area contributed by atoms with E-state index in [9.17, 15) is 0 Å². The van der Waals surface area contributed by atoms with Gasteiger partial charge in [-0.2, -0.15) is 0 Å². The highest BCUT2D eigenvalue weighted by Crippen LogP contribution is 2.48. The van der Waals surface area contributed by atoms with Crippen molar-refractivity contribution in [2.24, 2.45) is 0 Å². The number of hydrogen-bond acceptors (Lipinski definition) is 2. The molecule has 0 aliphatic rings. The number of hydrogen-bond donors (Lipinski definition) is 0. The van der Waals surface area contributed by atoms with Crippen molar-refractivity contribution in [2.45, 2.75) is 0 Å². The maximum atomic E-state index is 6.46. The highest BCUT2D eigenvalue weighted by atomic mass is 16.3. The molecule has 0 fully saturated rings. The number of fused-ring (bicyclic) bond motifs is 10. The lowest BCUT2D eigenvalue weighted by molar-refractivity contribution is 0.618. The molecule has 0 spiro atoms. The van der Waals surface area contributed by atoms with E-state index in [0.717, 1.165) is 44.2 Å². The van der Waals surface area contributed by atoms with E-state index in [2.05, 4.69) is 150 Å². The molecular formula is C46H27NO2. The predicted octanol–water partition coefficient (Wildman–Crippen LogP) is 13.1. The SMILES string of the molecule is c1ccc(-n2c3ccccc3c3cc(-c4c5ccccc5c(-c5cc6oc7ccccc7c6c6occc56)c5ccccc45)ccc32)cc1. The molecule has 0 amide bonds. The van der Waals surface area contributed by atoms with Crippen LogP contribution in [0.3, 0.4) is 0 Å². The van der Waals surface area contributed by atoms with Gasteiger partial charge in [0.15, 0.2) is 0 Å². The summed E-state index contributed by atoms with van der Waals surface area (Å²) in [5.41, 5.74) is 10.8. The van der Waals surface area contributed by atoms with Crippen LogP contribution in [-0.4, -0.2) is 4.57 Å². The lowest BCUT2D eigenvalue weighted by atomic mass is 9.84. The molecule has 0 N–H and O–H groups in total. The fourth-order valence-electron chi connectivity index (χ4n) is 8.24. The van der Waals surface area contributed by atoms with Crippen molar-refractivity contribution >= 4 is 76.3 Å². The van der Waals surface area contributed by atoms with E-state index in [1.165, 1.54) is 60.0 Å². The number of aromatic nitrogens is 1. The van der Waals surface area contributed by atoms with Gasteiger partial charge in [-0.05, 0) is 92.3 Å². The molecule has 0 saturated heterocycles. The number of para-hydroxylation sites is 3. The third-order valence-electron chi connectivity index (χ3n) is 10.3. The standard InChI is InChI=1S/C46H27NO2/c1-2-12-29(13-3-1)47-39-20-10-8-14-30(39)37-26-28(22-23-40(37)47)43-31-15-4-6-17-33(31)44(34-18-7-5-16-32(34)43)38-27-42-45(46-35(38)24-25-48-46)36-19-9-11-21-41(36)49-42/h1-27H. The Morgan fingerprint density at radius 2 is 1.02 bits per heavy atom. The summed E-state index contributed by atoms with van der Waals surface area (Å²) in [6.45, 7) is 0. The van der Waals surface area contributed by atoms with Gasteiger partial charge in [0.2, 0.25) is 0 Å². The van der Waals surface area contributed by atoms with Crippen LogP contribution in [0.4, 0.5) is 0 Å². The number of nitrogens with zero attached hydrogens (tertiary/aromatic N) is 1. The average Bonchev–Trinajstić information content (AvgIpc) is 3.88. The van der Waals surface area contributed by atoms with Crippen LogP contribution in [0.1, 0.15) is 0 Å². The molecule has 0 radical (unpaired) electrons. The van der Waals surface area contributed by atoms with Crippen LogP contribution in [0.5, 0.6) is 0 Å². The third kappa shape index (κ3) is 3.67. The topological polar surface area (TPSA) is 31.2 Å². The number of benzene rings is 8. The van der Waals surface area contributed by atoms with Gasteiger partial charge >= 0.3 is 0 Å². The van der Waals surface area contributed by atoms with Crippen LogP contribution in [-0.2, 0) is 0 Å². The van der Waals surface area contributed by atoms with Crippen molar-refractivity contribution in [3.63, 3.8) is 0 Å². The van der Waals surface area contributed by atoms with E-state index < -0.39 is 0 Å². The molecule has 0 saturated carbocycles. The Morgan fingerprint density at radius 1 is 0.408 bits per heavy atom. The van der Waals surface area contributed by atoms with Gasteiger partial charge in [-0.1, -0.05) is 109 Å². The molecule has 228 valence electrons. The highest BCUT2D eigenvalue weighted by molar-refractivity contribution is 6.27. The van der Waals surface area contributed by atoms with Crippen LogP contribution < -0.4 is 0 Å². The van der Waals surface area contributed by atoms with Gasteiger partial charge in [-0.3, -0.25) is 0 Å². The molecule has 11 rings (SSSR count). The van der Waals surface area contributed by atoms with Crippen LogP contribution in [0, 0.1) is 0 Å². The Labute approximate surface area is 280 Å². The van der Waals surface area contributed by atoms with Gasteiger partial charge in [0, 0.05) is 27.2 Å². The Balaban J connectivity index is 1.23. The summed E-state index contributed by atoms with van der Waals surface area (Å²) in [5.74, 6) is 0. The van der Waals surface area contributed by atoms with Crippen molar-refractivity contribution in [3.05, 3.63) is 164 Å². The Kier molecular flexibility index (Phi) is 5.38. The van der Waals surface area contributed by atoms with Gasteiger partial charge < -0.3 is 13.4 Å². The minimum Gasteiger partial charge on any atom is -0.464 e. The summed E-state index contributed by atoms with van der Waals surface area (Å²) in [6, 6.07) is 56.5. The first-order chi connectivity index (χ1) is 24.3. The van der Waals surface area contributed by atoms with E-state index in [-0.39, 0.29) is 0 Å². The molecule has 8 aromatic carbocycles. The second-order valence-corrected chi connectivity index (χ2v) is 12.8. The van der Waals surface area contributed by atoms with E-state index in [1.54, 1.807) is 6.26 Å². The first kappa shape index (κ1) is 26.5. The second-order valence-electron chi connectivity index (χ2n) is 12.8. The van der Waals surface area contributed by atoms with Crippen LogP contribution in [0.15, 0.2) is 173 Å². The van der Waals surface area contributed by atoms with Crippen LogP contribution in [0.25, 0.3) is 104 Å². The summed E-state index contributed by atoms with van der Waals surface area (Å²) in [4.78, 5) is 0. The summed E-state index contributed by atoms with van der Waals surface area (Å²) in [6.07, 6.45) is 1.80. The van der Waals surface area contributed by atoms with Gasteiger partial charge in [0.05, 0.1) is 22.7 Å². The summed E-state index contributed by atoms with van der Waals surface area (Å²) in [5, 5.41) is 10.5. The average molecular weight is 626 g/mol. The van der Waals surface area contributed by atoms with Crippen molar-refractivity contribution in [1.29, 1.82) is 0 Å². The van der Waals surface area contributed by atoms with E-state index in [1.807, 2.05) is 12.1 Å². The minimum absolute atomic E-state index is 0.830. The molecule has 3 heteroatoms. The largest absolute Gasteiger partial charge is 0.464 e. The Bertz CT molecular complexity index is 3050. The monoisotopic (exact) mass is 625 g/mol. The third-order valence-corrected chi connectivity index (χ3v) is 10.3. The molecule has 3 nitrogen and oxygen atoms in total. The molecule has 0 aliphatic heterocycles. The lowest BCUT2D eigenvalue weighted by Crippen LogP contribution is -1.93. The minimum atomic E-state index is 0.830. The predicted molar refractivity (Wildman–Crippen MR) is 204 cm³/mol. The zero-order valence-corrected chi connectivity index (χ0v) is 26.4. The van der Waals surface area contributed by atoms with E-state index >= 15 is 0 Å². The zero-order chi connectivity index (χ0) is 32.1. The summed E-state index contributed by atoms with van der Waals surface area (Å²) >= 11 is 0. The summed E-state index contributed by atoms with van der Waals surface area (Å²) in [7, 11) is 0. The second kappa shape index (κ2) is 9.96. The highest BCUT2D eigenvalue weighted by Gasteiger charge is 2.22. The van der Waals surface area contributed by atoms with Gasteiger partial charge in [-0.15, -0.1) is 0 Å². The molecular weight excluding hydrogens is 599 g/mol. The maximum Gasteiger partial charge on any atom is 0.146 e. The molecule has 11 aromatic rings. The van der Waals surface area contributed by atoms with Crippen molar-refractivity contribution in [1.82, 2.24) is 4.57 Å². The smallest absolute Gasteiger partial charge is 0.146 e. The number of furan rings is 2. The molecule has 0 bridgehead atoms. The molecule has 0 aliphatic carbocycles. The molecule has 3 aromatic heterocycles. The molecule has 0 atom stereocenters. The molecule has 0 unspecified atom stereocenters. The maximum absolute atomic E-state index is 6.46. The first-order valence-electron chi connectivity index (χ1n) is 16.7. The summed E-state index contributed by atoms with van der Waals surface area (Å²) < 4.78 is 15.1. The van der Waals surface area contributed by atoms with Crippen molar-refractivity contribution < 1.29 is 8.83 Å². The molecule has 49 heavy (non-hydrogen) atoms. The van der Waals surface area contributed by atoms with Gasteiger partial charge in [0.25, 0.3) is 0 Å². The lowest BCUT2D eigenvalue weighted by Gasteiger charge is -2.18.